The van der Waals surface area contributed by atoms with Gasteiger partial charge in [0, 0.05) is 0 Å². The van der Waals surface area contributed by atoms with Crippen molar-refractivity contribution in [2.45, 2.75) is 71.7 Å². The van der Waals surface area contributed by atoms with Crippen LogP contribution in [0.25, 0.3) is 0 Å². The maximum Gasteiger partial charge on any atom is 0.315 e. The second kappa shape index (κ2) is 8.09. The normalized spacial score (nSPS) is 23.8. The first-order valence-corrected chi connectivity index (χ1v) is 8.10. The van der Waals surface area contributed by atoms with Crippen molar-refractivity contribution in [3.8, 4) is 0 Å². The highest BCUT2D eigenvalue weighted by molar-refractivity contribution is 5.79. The number of rotatable bonds is 8. The Morgan fingerprint density at radius 1 is 1.50 bits per heavy atom. The molecule has 2 atom stereocenters. The number of hydrogen-bond acceptors (Lipinski definition) is 5. The van der Waals surface area contributed by atoms with E-state index in [0.29, 0.717) is 26.1 Å². The smallest absolute Gasteiger partial charge is 0.315 e. The Balaban J connectivity index is 2.65. The van der Waals surface area contributed by atoms with Crippen LogP contribution >= 0.6 is 0 Å². The minimum atomic E-state index is -1.11. The van der Waals surface area contributed by atoms with Crippen molar-refractivity contribution in [2.75, 3.05) is 13.2 Å². The fraction of sp³-hybridized carbons (Fsp3) is 0.824. The molecule has 5 heteroatoms. The second-order valence-corrected chi connectivity index (χ2v) is 6.50. The summed E-state index contributed by atoms with van der Waals surface area (Å²) in [5.41, 5.74) is -0.697. The van der Waals surface area contributed by atoms with Gasteiger partial charge in [0.15, 0.2) is 6.29 Å². The Labute approximate surface area is 133 Å². The summed E-state index contributed by atoms with van der Waals surface area (Å²) in [6.07, 6.45) is 4.92. The van der Waals surface area contributed by atoms with Gasteiger partial charge in [-0.25, -0.2) is 0 Å². The minimum absolute atomic E-state index is 0.310. The van der Waals surface area contributed by atoms with Crippen LogP contribution in [0.3, 0.4) is 0 Å². The molecule has 0 saturated heterocycles. The molecule has 22 heavy (non-hydrogen) atoms. The molecule has 0 aliphatic heterocycles. The molecule has 0 aromatic carbocycles. The topological polar surface area (TPSA) is 76.0 Å². The summed E-state index contributed by atoms with van der Waals surface area (Å²) in [6, 6.07) is 0. The predicted octanol–water partition coefficient (Wildman–Crippen LogP) is 2.55. The molecule has 0 heterocycles. The van der Waals surface area contributed by atoms with Crippen molar-refractivity contribution in [2.24, 2.45) is 5.41 Å². The number of aliphatic hydroxyl groups is 2. The summed E-state index contributed by atoms with van der Waals surface area (Å²) in [5, 5.41) is 19.5. The van der Waals surface area contributed by atoms with Gasteiger partial charge in [0.2, 0.25) is 0 Å². The zero-order valence-electron chi connectivity index (χ0n) is 14.2. The van der Waals surface area contributed by atoms with Gasteiger partial charge in [0.1, 0.15) is 0 Å². The number of ether oxygens (including phenoxy) is 2. The molecule has 2 unspecified atom stereocenters. The van der Waals surface area contributed by atoms with E-state index in [2.05, 4.69) is 6.08 Å². The van der Waals surface area contributed by atoms with Gasteiger partial charge in [-0.3, -0.25) is 4.79 Å². The van der Waals surface area contributed by atoms with Crippen molar-refractivity contribution in [1.82, 2.24) is 0 Å². The Morgan fingerprint density at radius 2 is 2.18 bits per heavy atom. The van der Waals surface area contributed by atoms with Gasteiger partial charge >= 0.3 is 5.97 Å². The van der Waals surface area contributed by atoms with E-state index in [4.69, 9.17) is 14.6 Å². The van der Waals surface area contributed by atoms with Gasteiger partial charge < -0.3 is 19.7 Å². The number of aliphatic hydroxyl groups excluding tert-OH is 1. The number of hydrogen-bond donors (Lipinski definition) is 2. The van der Waals surface area contributed by atoms with Gasteiger partial charge in [-0.2, -0.15) is 0 Å². The molecule has 0 radical (unpaired) electrons. The van der Waals surface area contributed by atoms with Crippen molar-refractivity contribution in [3.63, 3.8) is 0 Å². The second-order valence-electron chi connectivity index (χ2n) is 6.50. The highest BCUT2D eigenvalue weighted by Gasteiger charge is 2.51. The van der Waals surface area contributed by atoms with E-state index < -0.39 is 17.3 Å². The van der Waals surface area contributed by atoms with E-state index in [-0.39, 0.29) is 5.97 Å². The third-order valence-electron chi connectivity index (χ3n) is 4.45. The molecule has 0 aromatic heterocycles. The Hall–Kier alpha value is -0.910. The SMILES string of the molecule is CCOC(=O)C1(C(C)(C)O)CC=C(CCCOC(C)O)CC1. The van der Waals surface area contributed by atoms with E-state index >= 15 is 0 Å². The third-order valence-corrected chi connectivity index (χ3v) is 4.45. The zero-order chi connectivity index (χ0) is 16.8. The van der Waals surface area contributed by atoms with Crippen LogP contribution in [0.15, 0.2) is 11.6 Å². The molecular formula is C17H30O5. The summed E-state index contributed by atoms with van der Waals surface area (Å²) in [4.78, 5) is 12.3. The minimum Gasteiger partial charge on any atom is -0.465 e. The van der Waals surface area contributed by atoms with Crippen LogP contribution in [-0.4, -0.2) is 41.3 Å². The van der Waals surface area contributed by atoms with E-state index in [1.165, 1.54) is 5.57 Å². The lowest BCUT2D eigenvalue weighted by molar-refractivity contribution is -0.173. The lowest BCUT2D eigenvalue weighted by Gasteiger charge is -2.43. The van der Waals surface area contributed by atoms with Crippen LogP contribution in [0.1, 0.15) is 59.8 Å². The standard InChI is InChI=1S/C17H30O5/c1-5-21-15(19)17(16(3,4)20)10-8-14(9-11-17)7-6-12-22-13(2)18/h8,13,18,20H,5-7,9-12H2,1-4H3. The van der Waals surface area contributed by atoms with E-state index in [0.717, 1.165) is 19.3 Å². The van der Waals surface area contributed by atoms with Crippen LogP contribution in [0.2, 0.25) is 0 Å². The molecule has 0 amide bonds. The summed E-state index contributed by atoms with van der Waals surface area (Å²) in [7, 11) is 0. The molecule has 1 aliphatic carbocycles. The van der Waals surface area contributed by atoms with E-state index in [1.807, 2.05) is 0 Å². The summed E-state index contributed by atoms with van der Waals surface area (Å²) < 4.78 is 10.3. The first-order chi connectivity index (χ1) is 10.2. The molecule has 0 saturated carbocycles. The Morgan fingerprint density at radius 3 is 2.64 bits per heavy atom. The fourth-order valence-corrected chi connectivity index (χ4v) is 2.94. The molecule has 2 N–H and O–H groups in total. The van der Waals surface area contributed by atoms with Gasteiger partial charge in [0.05, 0.1) is 24.2 Å². The average Bonchev–Trinajstić information content (AvgIpc) is 2.43. The fourth-order valence-electron chi connectivity index (χ4n) is 2.94. The number of allylic oxidation sites excluding steroid dienone is 2. The molecule has 0 spiro atoms. The van der Waals surface area contributed by atoms with Crippen LogP contribution in [0, 0.1) is 5.41 Å². The number of carbonyl (C=O) groups excluding carboxylic acids is 1. The molecule has 1 aliphatic rings. The highest BCUT2D eigenvalue weighted by atomic mass is 16.6. The average molecular weight is 314 g/mol. The summed E-state index contributed by atoms with van der Waals surface area (Å²) in [5.74, 6) is -0.310. The molecule has 1 rings (SSSR count). The van der Waals surface area contributed by atoms with Crippen LogP contribution in [-0.2, 0) is 14.3 Å². The lowest BCUT2D eigenvalue weighted by atomic mass is 9.65. The van der Waals surface area contributed by atoms with Crippen molar-refractivity contribution in [3.05, 3.63) is 11.6 Å². The van der Waals surface area contributed by atoms with Gasteiger partial charge in [-0.15, -0.1) is 0 Å². The largest absolute Gasteiger partial charge is 0.465 e. The highest BCUT2D eigenvalue weighted by Crippen LogP contribution is 2.45. The monoisotopic (exact) mass is 314 g/mol. The van der Waals surface area contributed by atoms with Crippen molar-refractivity contribution >= 4 is 5.97 Å². The van der Waals surface area contributed by atoms with Gasteiger partial charge in [-0.05, 0) is 59.8 Å². The van der Waals surface area contributed by atoms with Crippen molar-refractivity contribution in [1.29, 1.82) is 0 Å². The first kappa shape index (κ1) is 19.1. The molecule has 0 fully saturated rings. The number of esters is 1. The maximum absolute atomic E-state index is 12.3. The molecule has 128 valence electrons. The Kier molecular flexibility index (Phi) is 7.03. The lowest BCUT2D eigenvalue weighted by Crippen LogP contribution is -2.51. The van der Waals surface area contributed by atoms with Crippen LogP contribution in [0.4, 0.5) is 0 Å². The maximum atomic E-state index is 12.3. The zero-order valence-corrected chi connectivity index (χ0v) is 14.2. The predicted molar refractivity (Wildman–Crippen MR) is 84.2 cm³/mol. The third kappa shape index (κ3) is 4.80. The quantitative estimate of drug-likeness (QED) is 0.312. The van der Waals surface area contributed by atoms with Crippen LogP contribution < -0.4 is 0 Å². The summed E-state index contributed by atoms with van der Waals surface area (Å²) in [6.45, 7) is 7.57. The summed E-state index contributed by atoms with van der Waals surface area (Å²) >= 11 is 0. The first-order valence-electron chi connectivity index (χ1n) is 8.10. The van der Waals surface area contributed by atoms with Crippen molar-refractivity contribution < 1.29 is 24.5 Å². The van der Waals surface area contributed by atoms with Gasteiger partial charge in [0.25, 0.3) is 0 Å². The van der Waals surface area contributed by atoms with E-state index in [9.17, 15) is 9.90 Å². The molecule has 0 bridgehead atoms. The molecule has 0 aromatic rings. The molecule has 5 nitrogen and oxygen atoms in total. The van der Waals surface area contributed by atoms with Gasteiger partial charge in [-0.1, -0.05) is 11.6 Å². The molecular weight excluding hydrogens is 284 g/mol. The number of carbonyl (C=O) groups is 1. The van der Waals surface area contributed by atoms with E-state index in [1.54, 1.807) is 27.7 Å². The van der Waals surface area contributed by atoms with Crippen LogP contribution in [0.5, 0.6) is 0 Å². The Bertz CT molecular complexity index is 394.